The lowest BCUT2D eigenvalue weighted by Crippen LogP contribution is -2.05. The summed E-state index contributed by atoms with van der Waals surface area (Å²) in [6.07, 6.45) is 0.757. The normalized spacial score (nSPS) is 10.5. The third kappa shape index (κ3) is 4.03. The van der Waals surface area contributed by atoms with E-state index in [0.29, 0.717) is 30.4 Å². The van der Waals surface area contributed by atoms with Crippen molar-refractivity contribution in [3.8, 4) is 17.2 Å². The van der Waals surface area contributed by atoms with Gasteiger partial charge >= 0.3 is 0 Å². The second-order valence-corrected chi connectivity index (χ2v) is 6.16. The number of hydrogen-bond donors (Lipinski definition) is 1. The zero-order chi connectivity index (χ0) is 15.2. The lowest BCUT2D eigenvalue weighted by Gasteiger charge is -2.15. The first-order chi connectivity index (χ1) is 10.2. The molecular weight excluding hydrogens is 310 g/mol. The molecule has 0 spiro atoms. The van der Waals surface area contributed by atoms with Crippen molar-refractivity contribution < 1.29 is 14.2 Å². The molecule has 4 nitrogen and oxygen atoms in total. The first-order valence-electron chi connectivity index (χ1n) is 6.50. The molecule has 0 amide bonds. The van der Waals surface area contributed by atoms with Crippen molar-refractivity contribution in [3.05, 3.63) is 39.0 Å². The van der Waals surface area contributed by atoms with E-state index in [2.05, 4.69) is 0 Å². The third-order valence-electron chi connectivity index (χ3n) is 2.94. The lowest BCUT2D eigenvalue weighted by atomic mass is 10.1. The minimum atomic E-state index is 0.417. The molecule has 0 saturated carbocycles. The van der Waals surface area contributed by atoms with Crippen LogP contribution in [0.3, 0.4) is 0 Å². The Morgan fingerprint density at radius 1 is 1.14 bits per heavy atom. The van der Waals surface area contributed by atoms with Gasteiger partial charge in [-0.3, -0.25) is 0 Å². The Labute approximate surface area is 133 Å². The fraction of sp³-hybridized carbons (Fsp3) is 0.333. The Balaban J connectivity index is 2.23. The SMILES string of the molecule is COc1cc(CCN)cc(OC)c1OCc1ccc(Cl)s1. The molecule has 1 heterocycles. The first kappa shape index (κ1) is 15.9. The van der Waals surface area contributed by atoms with Gasteiger partial charge in [0.25, 0.3) is 0 Å². The van der Waals surface area contributed by atoms with Crippen LogP contribution in [0.5, 0.6) is 17.2 Å². The summed E-state index contributed by atoms with van der Waals surface area (Å²) >= 11 is 7.40. The molecule has 21 heavy (non-hydrogen) atoms. The van der Waals surface area contributed by atoms with Gasteiger partial charge in [0.05, 0.1) is 18.6 Å². The van der Waals surface area contributed by atoms with Crippen molar-refractivity contribution in [3.63, 3.8) is 0 Å². The van der Waals surface area contributed by atoms with Crippen LogP contribution in [0.15, 0.2) is 24.3 Å². The van der Waals surface area contributed by atoms with Gasteiger partial charge in [-0.15, -0.1) is 11.3 Å². The molecule has 1 aromatic heterocycles. The van der Waals surface area contributed by atoms with E-state index in [1.54, 1.807) is 14.2 Å². The van der Waals surface area contributed by atoms with Crippen LogP contribution in [-0.2, 0) is 13.0 Å². The maximum absolute atomic E-state index is 5.92. The average molecular weight is 328 g/mol. The van der Waals surface area contributed by atoms with Crippen molar-refractivity contribution in [2.45, 2.75) is 13.0 Å². The van der Waals surface area contributed by atoms with Crippen LogP contribution >= 0.6 is 22.9 Å². The second-order valence-electron chi connectivity index (χ2n) is 4.36. The van der Waals surface area contributed by atoms with E-state index in [4.69, 9.17) is 31.5 Å². The van der Waals surface area contributed by atoms with Gasteiger partial charge in [0.15, 0.2) is 11.5 Å². The molecule has 2 rings (SSSR count). The van der Waals surface area contributed by atoms with Gasteiger partial charge in [-0.05, 0) is 42.8 Å². The van der Waals surface area contributed by atoms with E-state index in [1.165, 1.54) is 11.3 Å². The van der Waals surface area contributed by atoms with Crippen LogP contribution in [0.1, 0.15) is 10.4 Å². The highest BCUT2D eigenvalue weighted by Crippen LogP contribution is 2.39. The number of hydrogen-bond acceptors (Lipinski definition) is 5. The number of nitrogens with two attached hydrogens (primary N) is 1. The summed E-state index contributed by atoms with van der Waals surface area (Å²) in [5.41, 5.74) is 6.65. The van der Waals surface area contributed by atoms with Gasteiger partial charge in [-0.25, -0.2) is 0 Å². The molecule has 0 radical (unpaired) electrons. The fourth-order valence-corrected chi connectivity index (χ4v) is 2.96. The molecule has 0 bridgehead atoms. The molecule has 0 aliphatic heterocycles. The predicted octanol–water partition coefficient (Wildman–Crippen LogP) is 3.50. The fourth-order valence-electron chi connectivity index (χ4n) is 1.96. The van der Waals surface area contributed by atoms with E-state index < -0.39 is 0 Å². The van der Waals surface area contributed by atoms with Gasteiger partial charge in [0.1, 0.15) is 6.61 Å². The molecule has 2 N–H and O–H groups in total. The van der Waals surface area contributed by atoms with Gasteiger partial charge < -0.3 is 19.9 Å². The highest BCUT2D eigenvalue weighted by molar-refractivity contribution is 7.16. The number of rotatable bonds is 7. The summed E-state index contributed by atoms with van der Waals surface area (Å²) in [6, 6.07) is 7.64. The summed E-state index contributed by atoms with van der Waals surface area (Å²) in [4.78, 5) is 1.04. The van der Waals surface area contributed by atoms with Gasteiger partial charge in [0.2, 0.25) is 5.75 Å². The molecule has 6 heteroatoms. The maximum Gasteiger partial charge on any atom is 0.203 e. The van der Waals surface area contributed by atoms with Crippen LogP contribution in [0.2, 0.25) is 4.34 Å². The first-order valence-corrected chi connectivity index (χ1v) is 7.69. The largest absolute Gasteiger partial charge is 0.493 e. The van der Waals surface area contributed by atoms with E-state index in [9.17, 15) is 0 Å². The number of benzene rings is 1. The van der Waals surface area contributed by atoms with Crippen molar-refractivity contribution in [1.29, 1.82) is 0 Å². The molecule has 114 valence electrons. The monoisotopic (exact) mass is 327 g/mol. The number of methoxy groups -OCH3 is 2. The minimum Gasteiger partial charge on any atom is -0.493 e. The molecule has 0 fully saturated rings. The molecule has 0 atom stereocenters. The molecule has 2 aromatic rings. The van der Waals surface area contributed by atoms with Crippen molar-refractivity contribution >= 4 is 22.9 Å². The van der Waals surface area contributed by atoms with Gasteiger partial charge in [-0.1, -0.05) is 11.6 Å². The number of thiophene rings is 1. The summed E-state index contributed by atoms with van der Waals surface area (Å²) in [7, 11) is 3.21. The zero-order valence-corrected chi connectivity index (χ0v) is 13.6. The Kier molecular flexibility index (Phi) is 5.73. The van der Waals surface area contributed by atoms with Crippen molar-refractivity contribution in [2.24, 2.45) is 5.73 Å². The van der Waals surface area contributed by atoms with E-state index >= 15 is 0 Å². The van der Waals surface area contributed by atoms with Crippen LogP contribution in [0, 0.1) is 0 Å². The third-order valence-corrected chi connectivity index (χ3v) is 4.15. The summed E-state index contributed by atoms with van der Waals surface area (Å²) < 4.78 is 17.4. The predicted molar refractivity (Wildman–Crippen MR) is 86.0 cm³/mol. The maximum atomic E-state index is 5.92. The quantitative estimate of drug-likeness (QED) is 0.845. The smallest absolute Gasteiger partial charge is 0.203 e. The van der Waals surface area contributed by atoms with Gasteiger partial charge in [0, 0.05) is 4.88 Å². The summed E-state index contributed by atoms with van der Waals surface area (Å²) in [5.74, 6) is 1.87. The van der Waals surface area contributed by atoms with E-state index in [0.717, 1.165) is 21.2 Å². The molecule has 0 aliphatic carbocycles. The zero-order valence-electron chi connectivity index (χ0n) is 12.0. The van der Waals surface area contributed by atoms with Gasteiger partial charge in [-0.2, -0.15) is 0 Å². The average Bonchev–Trinajstić information content (AvgIpc) is 2.90. The number of halogens is 1. The highest BCUT2D eigenvalue weighted by atomic mass is 35.5. The minimum absolute atomic E-state index is 0.417. The molecule has 0 unspecified atom stereocenters. The van der Waals surface area contributed by atoms with E-state index in [-0.39, 0.29) is 0 Å². The Morgan fingerprint density at radius 3 is 2.29 bits per heavy atom. The topological polar surface area (TPSA) is 53.7 Å². The summed E-state index contributed by atoms with van der Waals surface area (Å²) in [6.45, 7) is 0.987. The lowest BCUT2D eigenvalue weighted by molar-refractivity contribution is 0.268. The number of ether oxygens (including phenoxy) is 3. The second kappa shape index (κ2) is 7.54. The van der Waals surface area contributed by atoms with E-state index in [1.807, 2.05) is 24.3 Å². The molecular formula is C15H18ClNO3S. The van der Waals surface area contributed by atoms with Crippen LogP contribution in [0.4, 0.5) is 0 Å². The molecule has 0 aliphatic rings. The van der Waals surface area contributed by atoms with Crippen molar-refractivity contribution in [1.82, 2.24) is 0 Å². The Morgan fingerprint density at radius 2 is 1.81 bits per heavy atom. The van der Waals surface area contributed by atoms with Crippen LogP contribution < -0.4 is 19.9 Å². The Hall–Kier alpha value is -1.43. The highest BCUT2D eigenvalue weighted by Gasteiger charge is 2.14. The summed E-state index contributed by atoms with van der Waals surface area (Å²) in [5, 5.41) is 0. The van der Waals surface area contributed by atoms with Crippen molar-refractivity contribution in [2.75, 3.05) is 20.8 Å². The molecule has 0 saturated heterocycles. The Bertz CT molecular complexity index is 575. The molecule has 1 aromatic carbocycles. The van der Waals surface area contributed by atoms with Crippen LogP contribution in [-0.4, -0.2) is 20.8 Å². The standard InChI is InChI=1S/C15H18ClNO3S/c1-18-12-7-10(5-6-17)8-13(19-2)15(12)20-9-11-3-4-14(16)21-11/h3-4,7-8H,5-6,9,17H2,1-2H3. The van der Waals surface area contributed by atoms with Crippen LogP contribution in [0.25, 0.3) is 0 Å².